The second kappa shape index (κ2) is 6.73. The van der Waals surface area contributed by atoms with Gasteiger partial charge in [0.05, 0.1) is 4.90 Å². The van der Waals surface area contributed by atoms with Gasteiger partial charge in [-0.05, 0) is 40.9 Å². The fourth-order valence-corrected chi connectivity index (χ4v) is 4.04. The molecule has 6 heteroatoms. The van der Waals surface area contributed by atoms with Crippen LogP contribution in [0.5, 0.6) is 0 Å². The fraction of sp³-hybridized carbons (Fsp3) is 0.455. The summed E-state index contributed by atoms with van der Waals surface area (Å²) in [6.07, 6.45) is 1.35. The number of benzene rings is 1. The van der Waals surface area contributed by atoms with E-state index in [4.69, 9.17) is 11.6 Å². The van der Waals surface area contributed by atoms with Crippen molar-refractivity contribution in [2.45, 2.75) is 30.7 Å². The Morgan fingerprint density at radius 1 is 1.41 bits per heavy atom. The number of hydrogen-bond acceptors (Lipinski definition) is 2. The molecule has 0 fully saturated rings. The highest BCUT2D eigenvalue weighted by atomic mass is 79.9. The lowest BCUT2D eigenvalue weighted by molar-refractivity contribution is 0.531. The van der Waals surface area contributed by atoms with Gasteiger partial charge in [-0.25, -0.2) is 13.1 Å². The zero-order valence-corrected chi connectivity index (χ0v) is 12.6. The predicted molar refractivity (Wildman–Crippen MR) is 73.9 cm³/mol. The highest BCUT2D eigenvalue weighted by Crippen LogP contribution is 2.21. The molecule has 1 atom stereocenters. The van der Waals surface area contributed by atoms with Gasteiger partial charge in [0.25, 0.3) is 0 Å². The van der Waals surface area contributed by atoms with E-state index in [-0.39, 0.29) is 10.9 Å². The molecule has 0 aliphatic rings. The van der Waals surface area contributed by atoms with Gasteiger partial charge in [0.15, 0.2) is 0 Å². The molecule has 1 unspecified atom stereocenters. The number of hydrogen-bond donors (Lipinski definition) is 1. The molecule has 0 bridgehead atoms. The monoisotopic (exact) mass is 339 g/mol. The summed E-state index contributed by atoms with van der Waals surface area (Å²) < 4.78 is 27.4. The molecule has 96 valence electrons. The van der Waals surface area contributed by atoms with Crippen LogP contribution in [-0.4, -0.2) is 20.3 Å². The van der Waals surface area contributed by atoms with Crippen LogP contribution in [0.4, 0.5) is 0 Å². The highest BCUT2D eigenvalue weighted by Gasteiger charge is 2.20. The molecule has 3 nitrogen and oxygen atoms in total. The van der Waals surface area contributed by atoms with E-state index in [1.54, 1.807) is 24.3 Å². The van der Waals surface area contributed by atoms with Gasteiger partial charge >= 0.3 is 0 Å². The van der Waals surface area contributed by atoms with Crippen LogP contribution in [0.15, 0.2) is 33.6 Å². The number of halogens is 2. The van der Waals surface area contributed by atoms with Crippen LogP contribution in [0.3, 0.4) is 0 Å². The molecular formula is C11H15BrClNO2S. The molecule has 1 N–H and O–H groups in total. The first-order valence-electron chi connectivity index (χ1n) is 5.34. The molecule has 0 amide bonds. The maximum absolute atomic E-state index is 12.1. The lowest BCUT2D eigenvalue weighted by Crippen LogP contribution is -2.34. The van der Waals surface area contributed by atoms with Crippen molar-refractivity contribution < 1.29 is 8.42 Å². The van der Waals surface area contributed by atoms with Crippen molar-refractivity contribution in [3.8, 4) is 0 Å². The van der Waals surface area contributed by atoms with Gasteiger partial charge < -0.3 is 0 Å². The topological polar surface area (TPSA) is 46.2 Å². The molecule has 17 heavy (non-hydrogen) atoms. The van der Waals surface area contributed by atoms with Gasteiger partial charge in [0.1, 0.15) is 0 Å². The van der Waals surface area contributed by atoms with E-state index >= 15 is 0 Å². The van der Waals surface area contributed by atoms with Gasteiger partial charge in [-0.3, -0.25) is 0 Å². The molecule has 0 aromatic heterocycles. The third-order valence-corrected chi connectivity index (χ3v) is 5.15. The van der Waals surface area contributed by atoms with E-state index in [2.05, 4.69) is 20.7 Å². The molecule has 1 aromatic carbocycles. The van der Waals surface area contributed by atoms with E-state index in [0.717, 1.165) is 6.42 Å². The van der Waals surface area contributed by atoms with Gasteiger partial charge in [-0.2, -0.15) is 0 Å². The number of sulfonamides is 1. The minimum atomic E-state index is -3.48. The third-order valence-electron chi connectivity index (χ3n) is 2.40. The second-order valence-electron chi connectivity index (χ2n) is 3.63. The highest BCUT2D eigenvalue weighted by molar-refractivity contribution is 9.10. The van der Waals surface area contributed by atoms with Crippen LogP contribution in [0.2, 0.25) is 0 Å². The van der Waals surface area contributed by atoms with Crippen LogP contribution in [0, 0.1) is 0 Å². The predicted octanol–water partition coefficient (Wildman–Crippen LogP) is 3.13. The van der Waals surface area contributed by atoms with Crippen LogP contribution in [0.25, 0.3) is 0 Å². The first kappa shape index (κ1) is 15.0. The van der Waals surface area contributed by atoms with Gasteiger partial charge in [0.2, 0.25) is 10.0 Å². The lowest BCUT2D eigenvalue weighted by Gasteiger charge is -2.16. The van der Waals surface area contributed by atoms with Gasteiger partial charge in [0, 0.05) is 16.4 Å². The third kappa shape index (κ3) is 4.25. The molecule has 0 radical (unpaired) electrons. The average molecular weight is 341 g/mol. The van der Waals surface area contributed by atoms with Gasteiger partial charge in [-0.15, -0.1) is 11.6 Å². The van der Waals surface area contributed by atoms with E-state index in [1.807, 2.05) is 6.92 Å². The van der Waals surface area contributed by atoms with Gasteiger partial charge in [-0.1, -0.05) is 19.1 Å². The summed E-state index contributed by atoms with van der Waals surface area (Å²) in [5, 5.41) is 0. The van der Waals surface area contributed by atoms with Crippen LogP contribution in [-0.2, 0) is 10.0 Å². The van der Waals surface area contributed by atoms with E-state index in [9.17, 15) is 8.42 Å². The molecule has 0 heterocycles. The van der Waals surface area contributed by atoms with Crippen molar-refractivity contribution in [2.75, 3.05) is 5.88 Å². The Kier molecular flexibility index (Phi) is 5.92. The standard InChI is InChI=1S/C11H15BrClNO2S/c1-2-9(7-8-13)14-17(15,16)11-6-4-3-5-10(11)12/h3-6,9,14H,2,7-8H2,1H3. The van der Waals surface area contributed by atoms with E-state index in [1.165, 1.54) is 0 Å². The molecule has 0 aliphatic heterocycles. The summed E-state index contributed by atoms with van der Waals surface area (Å²) in [6.45, 7) is 1.93. The molecule has 0 aliphatic carbocycles. The minimum absolute atomic E-state index is 0.121. The molecular weight excluding hydrogens is 326 g/mol. The number of rotatable bonds is 6. The zero-order chi connectivity index (χ0) is 12.9. The molecule has 0 saturated carbocycles. The normalized spacial score (nSPS) is 13.6. The largest absolute Gasteiger partial charge is 0.241 e. The maximum atomic E-state index is 12.1. The number of alkyl halides is 1. The summed E-state index contributed by atoms with van der Waals surface area (Å²) in [6, 6.07) is 6.63. The first-order valence-corrected chi connectivity index (χ1v) is 8.15. The molecule has 0 saturated heterocycles. The minimum Gasteiger partial charge on any atom is -0.208 e. The average Bonchev–Trinajstić information content (AvgIpc) is 2.28. The lowest BCUT2D eigenvalue weighted by atomic mass is 10.2. The van der Waals surface area contributed by atoms with Crippen LogP contribution < -0.4 is 4.72 Å². The maximum Gasteiger partial charge on any atom is 0.241 e. The Labute approximate surface area is 116 Å². The Hall–Kier alpha value is -0.100. The number of nitrogens with one attached hydrogen (secondary N) is 1. The smallest absolute Gasteiger partial charge is 0.208 e. The van der Waals surface area contributed by atoms with E-state index in [0.29, 0.717) is 16.8 Å². The summed E-state index contributed by atoms with van der Waals surface area (Å²) >= 11 is 8.87. The first-order chi connectivity index (χ1) is 8.01. The zero-order valence-electron chi connectivity index (χ0n) is 9.49. The van der Waals surface area contributed by atoms with Crippen LogP contribution >= 0.6 is 27.5 Å². The Balaban J connectivity index is 2.92. The SMILES string of the molecule is CCC(CCCl)NS(=O)(=O)c1ccccc1Br. The second-order valence-corrected chi connectivity index (χ2v) is 6.55. The molecule has 0 spiro atoms. The molecule has 1 aromatic rings. The van der Waals surface area contributed by atoms with Crippen LogP contribution in [0.1, 0.15) is 19.8 Å². The Morgan fingerprint density at radius 3 is 2.59 bits per heavy atom. The Morgan fingerprint density at radius 2 is 2.06 bits per heavy atom. The van der Waals surface area contributed by atoms with Crippen molar-refractivity contribution in [1.29, 1.82) is 0 Å². The summed E-state index contributed by atoms with van der Waals surface area (Å²) in [4.78, 5) is 0.257. The van der Waals surface area contributed by atoms with Crippen molar-refractivity contribution in [2.24, 2.45) is 0 Å². The summed E-state index contributed by atoms with van der Waals surface area (Å²) in [5.74, 6) is 0.441. The summed E-state index contributed by atoms with van der Waals surface area (Å²) in [7, 11) is -3.48. The van der Waals surface area contributed by atoms with Crippen molar-refractivity contribution in [3.05, 3.63) is 28.7 Å². The van der Waals surface area contributed by atoms with Crippen molar-refractivity contribution >= 4 is 37.6 Å². The molecule has 1 rings (SSSR count). The quantitative estimate of drug-likeness (QED) is 0.809. The fourth-order valence-electron chi connectivity index (χ4n) is 1.42. The Bertz CT molecular complexity index is 464. The van der Waals surface area contributed by atoms with Crippen molar-refractivity contribution in [3.63, 3.8) is 0 Å². The van der Waals surface area contributed by atoms with E-state index < -0.39 is 10.0 Å². The summed E-state index contributed by atoms with van der Waals surface area (Å²) in [5.41, 5.74) is 0. The van der Waals surface area contributed by atoms with Crippen molar-refractivity contribution in [1.82, 2.24) is 4.72 Å².